The molecule has 2 aromatic rings. The maximum atomic E-state index is 13.0. The first-order valence-corrected chi connectivity index (χ1v) is 11.0. The Labute approximate surface area is 184 Å². The average Bonchev–Trinajstić information content (AvgIpc) is 2.76. The van der Waals surface area contributed by atoms with E-state index in [1.807, 2.05) is 62.4 Å². The number of amides is 2. The van der Waals surface area contributed by atoms with Crippen LogP contribution in [0.5, 0.6) is 11.5 Å². The highest BCUT2D eigenvalue weighted by Gasteiger charge is 2.33. The first-order valence-electron chi connectivity index (χ1n) is 11.0. The molecule has 166 valence electrons. The summed E-state index contributed by atoms with van der Waals surface area (Å²) in [5, 5.41) is 12.3. The Hall–Kier alpha value is -2.86. The van der Waals surface area contributed by atoms with Crippen molar-refractivity contribution in [1.82, 2.24) is 10.8 Å². The monoisotopic (exact) mass is 424 g/mol. The molecule has 2 atom stereocenters. The molecular weight excluding hydrogens is 392 g/mol. The molecular formula is C25H32N2O4. The van der Waals surface area contributed by atoms with Crippen LogP contribution in [-0.4, -0.2) is 23.6 Å². The van der Waals surface area contributed by atoms with Crippen LogP contribution in [0.2, 0.25) is 0 Å². The van der Waals surface area contributed by atoms with Crippen LogP contribution in [0.1, 0.15) is 44.2 Å². The number of carbonyl (C=O) groups excluding carboxylic acids is 2. The van der Waals surface area contributed by atoms with E-state index in [2.05, 4.69) is 5.32 Å². The van der Waals surface area contributed by atoms with Crippen LogP contribution in [0.4, 0.5) is 0 Å². The van der Waals surface area contributed by atoms with E-state index in [1.165, 1.54) is 0 Å². The Morgan fingerprint density at radius 1 is 1.06 bits per heavy atom. The van der Waals surface area contributed by atoms with Crippen molar-refractivity contribution in [2.45, 2.75) is 46.0 Å². The highest BCUT2D eigenvalue weighted by Crippen LogP contribution is 2.27. The summed E-state index contributed by atoms with van der Waals surface area (Å²) in [6.45, 7) is 4.57. The van der Waals surface area contributed by atoms with E-state index >= 15 is 0 Å². The van der Waals surface area contributed by atoms with Gasteiger partial charge in [0.1, 0.15) is 11.5 Å². The minimum Gasteiger partial charge on any atom is -0.457 e. The Kier molecular flexibility index (Phi) is 8.06. The van der Waals surface area contributed by atoms with Crippen molar-refractivity contribution in [3.05, 3.63) is 59.7 Å². The van der Waals surface area contributed by atoms with Gasteiger partial charge in [-0.15, -0.1) is 0 Å². The first kappa shape index (κ1) is 22.8. The zero-order valence-corrected chi connectivity index (χ0v) is 18.3. The van der Waals surface area contributed by atoms with Crippen LogP contribution in [0, 0.1) is 17.8 Å². The lowest BCUT2D eigenvalue weighted by molar-refractivity contribution is -0.141. The van der Waals surface area contributed by atoms with E-state index in [-0.39, 0.29) is 11.8 Å². The van der Waals surface area contributed by atoms with Gasteiger partial charge in [-0.25, -0.2) is 5.48 Å². The lowest BCUT2D eigenvalue weighted by Crippen LogP contribution is -2.42. The molecule has 5 rings (SSSR count). The van der Waals surface area contributed by atoms with Crippen LogP contribution < -0.4 is 15.5 Å². The molecule has 2 aromatic carbocycles. The Morgan fingerprint density at radius 2 is 1.65 bits per heavy atom. The number of ether oxygens (including phenoxy) is 1. The van der Waals surface area contributed by atoms with Crippen molar-refractivity contribution in [3.63, 3.8) is 0 Å². The normalized spacial score (nSPS) is 19.9. The summed E-state index contributed by atoms with van der Waals surface area (Å²) in [5.41, 5.74) is 4.01. The molecule has 0 saturated carbocycles. The fourth-order valence-corrected chi connectivity index (χ4v) is 4.13. The van der Waals surface area contributed by atoms with Gasteiger partial charge < -0.3 is 10.1 Å². The molecule has 3 N–H and O–H groups in total. The number of benzene rings is 2. The van der Waals surface area contributed by atoms with Crippen molar-refractivity contribution in [2.75, 3.05) is 6.54 Å². The fourth-order valence-electron chi connectivity index (χ4n) is 4.13. The van der Waals surface area contributed by atoms with Crippen LogP contribution in [0.25, 0.3) is 0 Å². The minimum atomic E-state index is -0.576. The van der Waals surface area contributed by atoms with E-state index in [4.69, 9.17) is 4.74 Å². The average molecular weight is 425 g/mol. The van der Waals surface area contributed by atoms with Gasteiger partial charge in [0.2, 0.25) is 11.8 Å². The number of nitrogens with one attached hydrogen (secondary N) is 2. The van der Waals surface area contributed by atoms with Crippen molar-refractivity contribution >= 4 is 11.8 Å². The zero-order chi connectivity index (χ0) is 22.2. The van der Waals surface area contributed by atoms with Crippen molar-refractivity contribution < 1.29 is 19.5 Å². The molecule has 0 unspecified atom stereocenters. The molecule has 0 aliphatic carbocycles. The summed E-state index contributed by atoms with van der Waals surface area (Å²) >= 11 is 0. The van der Waals surface area contributed by atoms with E-state index < -0.39 is 17.7 Å². The molecule has 0 spiro atoms. The third kappa shape index (κ3) is 6.56. The lowest BCUT2D eigenvalue weighted by atomic mass is 9.81. The largest absolute Gasteiger partial charge is 0.457 e. The maximum absolute atomic E-state index is 13.0. The van der Waals surface area contributed by atoms with Gasteiger partial charge in [0.05, 0.1) is 5.92 Å². The highest BCUT2D eigenvalue weighted by molar-refractivity contribution is 5.87. The number of hydrogen-bond donors (Lipinski definition) is 3. The molecule has 3 aliphatic rings. The van der Waals surface area contributed by atoms with Gasteiger partial charge in [-0.2, -0.15) is 0 Å². The molecule has 6 heteroatoms. The summed E-state index contributed by atoms with van der Waals surface area (Å²) in [6.07, 6.45) is 3.31. The first-order chi connectivity index (χ1) is 15.0. The number of aryl methyl sites for hydroxylation is 1. The molecule has 0 aromatic heterocycles. The molecule has 3 heterocycles. The van der Waals surface area contributed by atoms with Crippen LogP contribution in [0.3, 0.4) is 0 Å². The Morgan fingerprint density at radius 3 is 2.19 bits per heavy atom. The zero-order valence-electron chi connectivity index (χ0n) is 18.3. The van der Waals surface area contributed by atoms with Gasteiger partial charge in [0.25, 0.3) is 0 Å². The van der Waals surface area contributed by atoms with Crippen LogP contribution >= 0.6 is 0 Å². The number of hydrogen-bond acceptors (Lipinski definition) is 4. The fraction of sp³-hybridized carbons (Fsp3) is 0.440. The van der Waals surface area contributed by atoms with Crippen molar-refractivity contribution in [2.24, 2.45) is 17.8 Å². The van der Waals surface area contributed by atoms with Crippen molar-refractivity contribution in [3.8, 4) is 11.5 Å². The molecule has 3 aliphatic heterocycles. The third-order valence-corrected chi connectivity index (χ3v) is 5.77. The van der Waals surface area contributed by atoms with Crippen LogP contribution in [0.15, 0.2) is 48.5 Å². The SMILES string of the molecule is CC(C)C[C@H]1C(=O)NCCc2ccc(cc2)Oc2ccc(cc2)CCC[C@@H]1C(=O)NO. The summed E-state index contributed by atoms with van der Waals surface area (Å²) in [4.78, 5) is 25.5. The number of carbonyl (C=O) groups is 2. The van der Waals surface area contributed by atoms with Gasteiger partial charge in [0.15, 0.2) is 0 Å². The minimum absolute atomic E-state index is 0.132. The number of fused-ring (bicyclic) bond motifs is 2. The Bertz CT molecular complexity index is 862. The molecule has 0 radical (unpaired) electrons. The molecule has 6 nitrogen and oxygen atoms in total. The Balaban J connectivity index is 1.86. The van der Waals surface area contributed by atoms with Gasteiger partial charge in [0, 0.05) is 12.5 Å². The van der Waals surface area contributed by atoms with Crippen LogP contribution in [-0.2, 0) is 22.4 Å². The smallest absolute Gasteiger partial charge is 0.247 e. The summed E-state index contributed by atoms with van der Waals surface area (Å²) in [6, 6.07) is 15.8. The molecule has 2 amide bonds. The second kappa shape index (κ2) is 11.0. The summed E-state index contributed by atoms with van der Waals surface area (Å²) in [7, 11) is 0. The van der Waals surface area contributed by atoms with E-state index in [9.17, 15) is 14.8 Å². The van der Waals surface area contributed by atoms with E-state index in [0.717, 1.165) is 35.5 Å². The number of rotatable bonds is 3. The van der Waals surface area contributed by atoms with E-state index in [1.54, 1.807) is 5.48 Å². The second-order valence-electron chi connectivity index (χ2n) is 8.64. The molecule has 0 fully saturated rings. The topological polar surface area (TPSA) is 87.7 Å². The van der Waals surface area contributed by atoms with Gasteiger partial charge in [-0.3, -0.25) is 14.8 Å². The molecule has 0 saturated heterocycles. The second-order valence-corrected chi connectivity index (χ2v) is 8.64. The summed E-state index contributed by atoms with van der Waals surface area (Å²) < 4.78 is 5.91. The van der Waals surface area contributed by atoms with Crippen molar-refractivity contribution in [1.29, 1.82) is 0 Å². The highest BCUT2D eigenvalue weighted by atomic mass is 16.5. The maximum Gasteiger partial charge on any atom is 0.247 e. The molecule has 31 heavy (non-hydrogen) atoms. The number of hydroxylamine groups is 1. The van der Waals surface area contributed by atoms with Gasteiger partial charge >= 0.3 is 0 Å². The van der Waals surface area contributed by atoms with Gasteiger partial charge in [-0.05, 0) is 73.4 Å². The summed E-state index contributed by atoms with van der Waals surface area (Å²) in [5.74, 6) is 0.123. The van der Waals surface area contributed by atoms with E-state index in [0.29, 0.717) is 25.8 Å². The molecule has 4 bridgehead atoms. The van der Waals surface area contributed by atoms with Gasteiger partial charge in [-0.1, -0.05) is 38.1 Å². The third-order valence-electron chi connectivity index (χ3n) is 5.77. The standard InChI is InChI=1S/C25H32N2O4/c1-17(2)16-23-22(25(29)27-30)5-3-4-18-6-10-20(11-7-18)31-21-12-8-19(9-13-21)14-15-26-24(23)28/h6-13,17,22-23,30H,3-5,14-16H2,1-2H3,(H,26,28)(H,27,29)/t22-,23+/m0/s1. The lowest BCUT2D eigenvalue weighted by Gasteiger charge is -2.26. The predicted octanol–water partition coefficient (Wildman–Crippen LogP) is 4.26. The predicted molar refractivity (Wildman–Crippen MR) is 119 cm³/mol. The quantitative estimate of drug-likeness (QED) is 0.508.